The van der Waals surface area contributed by atoms with Gasteiger partial charge in [-0.05, 0) is 56.1 Å². The number of esters is 1. The van der Waals surface area contributed by atoms with E-state index < -0.39 is 36.1 Å². The Hall–Kier alpha value is -3.99. The molecule has 2 saturated heterocycles. The number of ether oxygens (including phenoxy) is 3. The van der Waals surface area contributed by atoms with E-state index in [1.54, 1.807) is 19.1 Å². The highest BCUT2D eigenvalue weighted by Crippen LogP contribution is 2.44. The molecule has 5 rings (SSSR count). The molecule has 0 radical (unpaired) electrons. The van der Waals surface area contributed by atoms with Gasteiger partial charge in [0.15, 0.2) is 6.61 Å². The molecule has 4 aliphatic rings. The molecule has 296 valence electrons. The molecule has 4 amide bonds. The second-order valence-electron chi connectivity index (χ2n) is 13.8. The summed E-state index contributed by atoms with van der Waals surface area (Å²) < 4.78 is 16.6. The number of urea groups is 1. The van der Waals surface area contributed by atoms with Crippen LogP contribution in [0.1, 0.15) is 61.4 Å². The van der Waals surface area contributed by atoms with E-state index in [1.807, 2.05) is 17.8 Å². The third-order valence-electron chi connectivity index (χ3n) is 9.53. The molecular weight excluding hydrogens is 742 g/mol. The lowest BCUT2D eigenvalue weighted by atomic mass is 9.99. The van der Waals surface area contributed by atoms with Crippen molar-refractivity contribution in [3.8, 4) is 11.5 Å². The second-order valence-corrected chi connectivity index (χ2v) is 15.4. The summed E-state index contributed by atoms with van der Waals surface area (Å²) in [5.41, 5.74) is 0.218. The van der Waals surface area contributed by atoms with Crippen LogP contribution >= 0.6 is 23.4 Å². The van der Waals surface area contributed by atoms with Crippen LogP contribution in [0.2, 0.25) is 5.02 Å². The Morgan fingerprint density at radius 1 is 1.02 bits per heavy atom. The number of carbonyl (C=O) groups is 4. The Morgan fingerprint density at radius 2 is 1.78 bits per heavy atom. The van der Waals surface area contributed by atoms with Crippen molar-refractivity contribution in [3.05, 3.63) is 46.5 Å². The molecular formula is C37H50ClN5O10S. The summed E-state index contributed by atoms with van der Waals surface area (Å²) in [5.74, 6) is -0.402. The van der Waals surface area contributed by atoms with Crippen LogP contribution in [0, 0.1) is 11.8 Å². The van der Waals surface area contributed by atoms with Crippen LogP contribution in [0.5, 0.6) is 11.5 Å². The van der Waals surface area contributed by atoms with Crippen molar-refractivity contribution in [2.75, 3.05) is 51.9 Å². The average Bonchev–Trinajstić information content (AvgIpc) is 3.58. The quantitative estimate of drug-likeness (QED) is 0.0584. The standard InChI is InChI=1S/C37H50ClN5O10S/c1-22-16-24-17-23(24)6-2-3-7-25(18-26-33(36(48)53-22)28(44)19-29(45)34(26)38)43-52-20-32(47)40-11-13-51-15-14-50-12-10-39-31(46)9-5-4-8-30-35-27(21-54-30)41-37(49)42-35/h2-3,6-7,19,22-24,27,30,35,44-45H,4-5,8-18,20-21H2,1H3,(H,39,46)(H,40,47)(H2,41,42,49)/b6-2-,7-3+,43-25+/t22-,23+,24-,27+,30+,35+/m1/s1. The highest BCUT2D eigenvalue weighted by Gasteiger charge is 2.42. The van der Waals surface area contributed by atoms with Gasteiger partial charge in [-0.25, -0.2) is 9.59 Å². The highest BCUT2D eigenvalue weighted by molar-refractivity contribution is 8.00. The predicted molar refractivity (Wildman–Crippen MR) is 203 cm³/mol. The first-order chi connectivity index (χ1) is 26.1. The minimum absolute atomic E-state index is 0.0119. The number of nitrogens with zero attached hydrogens (tertiary/aromatic N) is 1. The maximum atomic E-state index is 13.1. The molecule has 3 fully saturated rings. The highest BCUT2D eigenvalue weighted by atomic mass is 35.5. The number of carbonyl (C=O) groups excluding carboxylic acids is 4. The number of unbranched alkanes of at least 4 members (excludes halogenated alkanes) is 1. The van der Waals surface area contributed by atoms with E-state index in [0.29, 0.717) is 56.3 Å². The second kappa shape index (κ2) is 20.6. The lowest BCUT2D eigenvalue weighted by Gasteiger charge is -2.17. The van der Waals surface area contributed by atoms with Gasteiger partial charge in [-0.3, -0.25) is 9.59 Å². The number of hydrogen-bond donors (Lipinski definition) is 6. The summed E-state index contributed by atoms with van der Waals surface area (Å²) in [5, 5.41) is 36.7. The fraction of sp³-hybridized carbons (Fsp3) is 0.595. The molecule has 1 aliphatic carbocycles. The van der Waals surface area contributed by atoms with Crippen molar-refractivity contribution >= 4 is 52.9 Å². The van der Waals surface area contributed by atoms with Gasteiger partial charge >= 0.3 is 12.0 Å². The molecule has 3 heterocycles. The molecule has 1 saturated carbocycles. The molecule has 0 aromatic heterocycles. The van der Waals surface area contributed by atoms with E-state index >= 15 is 0 Å². The fourth-order valence-corrected chi connectivity index (χ4v) is 8.44. The zero-order valence-corrected chi connectivity index (χ0v) is 31.9. The summed E-state index contributed by atoms with van der Waals surface area (Å²) in [6.45, 7) is 3.30. The molecule has 6 N–H and O–H groups in total. The van der Waals surface area contributed by atoms with Crippen molar-refractivity contribution in [3.63, 3.8) is 0 Å². The van der Waals surface area contributed by atoms with Gasteiger partial charge in [-0.2, -0.15) is 11.8 Å². The van der Waals surface area contributed by atoms with Gasteiger partial charge in [-0.15, -0.1) is 0 Å². The number of nitrogens with one attached hydrogen (secondary N) is 4. The van der Waals surface area contributed by atoms with Crippen LogP contribution in [0.3, 0.4) is 0 Å². The number of thioether (sulfide) groups is 1. The molecule has 3 aliphatic heterocycles. The molecule has 6 atom stereocenters. The summed E-state index contributed by atoms with van der Waals surface area (Å²) in [4.78, 5) is 54.4. The Bertz CT molecular complexity index is 1590. The van der Waals surface area contributed by atoms with Crippen molar-refractivity contribution in [1.82, 2.24) is 21.3 Å². The first-order valence-electron chi connectivity index (χ1n) is 18.4. The third kappa shape index (κ3) is 12.5. The molecule has 0 spiro atoms. The number of rotatable bonds is 17. The van der Waals surface area contributed by atoms with Gasteiger partial charge in [0, 0.05) is 43.0 Å². The summed E-state index contributed by atoms with van der Waals surface area (Å²) in [7, 11) is 0. The van der Waals surface area contributed by atoms with Gasteiger partial charge in [0.2, 0.25) is 5.91 Å². The average molecular weight is 792 g/mol. The first-order valence-corrected chi connectivity index (χ1v) is 19.9. The number of phenols is 2. The maximum Gasteiger partial charge on any atom is 0.342 e. The Kier molecular flexibility index (Phi) is 15.7. The molecule has 15 nitrogen and oxygen atoms in total. The van der Waals surface area contributed by atoms with E-state index in [4.69, 9.17) is 30.6 Å². The molecule has 0 bridgehead atoms. The van der Waals surface area contributed by atoms with E-state index in [1.165, 1.54) is 0 Å². The van der Waals surface area contributed by atoms with Crippen LogP contribution in [0.25, 0.3) is 0 Å². The van der Waals surface area contributed by atoms with Gasteiger partial charge in [0.05, 0.1) is 55.3 Å². The minimum atomic E-state index is -0.765. The summed E-state index contributed by atoms with van der Waals surface area (Å²) in [6.07, 6.45) is 11.7. The van der Waals surface area contributed by atoms with Crippen LogP contribution in [-0.2, 0) is 35.1 Å². The third-order valence-corrected chi connectivity index (χ3v) is 11.5. The number of allylic oxidation sites excluding steroid dienone is 4. The van der Waals surface area contributed by atoms with Crippen molar-refractivity contribution in [1.29, 1.82) is 0 Å². The minimum Gasteiger partial charge on any atom is -0.507 e. The number of oxime groups is 1. The number of phenolic OH excluding ortho intramolecular Hbond substituents is 2. The van der Waals surface area contributed by atoms with Gasteiger partial charge in [0.25, 0.3) is 5.91 Å². The SMILES string of the molecule is C[C@@H]1C[C@@H]2C[C@@H]2\C=C/C=C/C(=N\OCC(=O)NCCOCCOCCNC(=O)CCCC[C@@H]2SC[C@@H]3NC(=O)N[C@@H]32)Cc2c(Cl)c(O)cc(O)c2C(=O)O1. The van der Waals surface area contributed by atoms with E-state index in [9.17, 15) is 29.4 Å². The number of benzene rings is 1. The molecule has 1 aromatic carbocycles. The summed E-state index contributed by atoms with van der Waals surface area (Å²) in [6, 6.07) is 1.31. The largest absolute Gasteiger partial charge is 0.507 e. The predicted octanol–water partition coefficient (Wildman–Crippen LogP) is 3.36. The lowest BCUT2D eigenvalue weighted by Crippen LogP contribution is -2.36. The number of amides is 4. The number of fused-ring (bicyclic) bond motifs is 3. The van der Waals surface area contributed by atoms with E-state index in [2.05, 4.69) is 32.5 Å². The number of hydrogen-bond acceptors (Lipinski definition) is 12. The molecule has 0 unspecified atom stereocenters. The Morgan fingerprint density at radius 3 is 2.56 bits per heavy atom. The zero-order valence-electron chi connectivity index (χ0n) is 30.4. The van der Waals surface area contributed by atoms with Crippen molar-refractivity contribution in [2.45, 2.75) is 75.3 Å². The smallest absolute Gasteiger partial charge is 0.342 e. The monoisotopic (exact) mass is 791 g/mol. The Balaban J connectivity index is 0.938. The fourth-order valence-electron chi connectivity index (χ4n) is 6.68. The normalized spacial score (nSPS) is 26.6. The maximum absolute atomic E-state index is 13.1. The molecule has 1 aromatic rings. The topological polar surface area (TPSA) is 206 Å². The number of aromatic hydroxyl groups is 2. The lowest BCUT2D eigenvalue weighted by molar-refractivity contribution is -0.126. The van der Waals surface area contributed by atoms with Crippen LogP contribution in [0.15, 0.2) is 35.5 Å². The van der Waals surface area contributed by atoms with E-state index in [-0.39, 0.29) is 65.5 Å². The van der Waals surface area contributed by atoms with Gasteiger partial charge in [0.1, 0.15) is 17.1 Å². The first kappa shape index (κ1) is 41.2. The van der Waals surface area contributed by atoms with Crippen molar-refractivity contribution < 1.29 is 48.4 Å². The van der Waals surface area contributed by atoms with Crippen molar-refractivity contribution in [2.24, 2.45) is 17.0 Å². The molecule has 17 heteroatoms. The number of halogens is 1. The van der Waals surface area contributed by atoms with Crippen LogP contribution in [0.4, 0.5) is 4.79 Å². The Labute approximate surface area is 324 Å². The summed E-state index contributed by atoms with van der Waals surface area (Å²) >= 11 is 8.26. The zero-order chi connectivity index (χ0) is 38.5. The van der Waals surface area contributed by atoms with Crippen LogP contribution in [-0.4, -0.2) is 115 Å². The number of cyclic esters (lactones) is 1. The van der Waals surface area contributed by atoms with Crippen LogP contribution < -0.4 is 21.3 Å². The molecule has 54 heavy (non-hydrogen) atoms. The van der Waals surface area contributed by atoms with Gasteiger partial charge < -0.3 is 50.5 Å². The van der Waals surface area contributed by atoms with Gasteiger partial charge in [-0.1, -0.05) is 41.4 Å². The van der Waals surface area contributed by atoms with E-state index in [0.717, 1.165) is 37.5 Å².